The number of esters is 1. The van der Waals surface area contributed by atoms with E-state index in [0.29, 0.717) is 12.8 Å². The van der Waals surface area contributed by atoms with Crippen LogP contribution in [0.1, 0.15) is 12.8 Å². The Balaban J connectivity index is 2.07. The lowest BCUT2D eigenvalue weighted by Gasteiger charge is -2.35. The average Bonchev–Trinajstić information content (AvgIpc) is 2.56. The van der Waals surface area contributed by atoms with Crippen LogP contribution in [0.3, 0.4) is 0 Å². The second kappa shape index (κ2) is 3.84. The van der Waals surface area contributed by atoms with Crippen LogP contribution in [0.25, 0.3) is 0 Å². The molecular weight excluding hydrogens is 188 g/mol. The summed E-state index contributed by atoms with van der Waals surface area (Å²) in [5.74, 6) is -0.224. The van der Waals surface area contributed by atoms with Crippen LogP contribution in [0.4, 0.5) is 0 Å². The Morgan fingerprint density at radius 3 is 3.07 bits per heavy atom. The van der Waals surface area contributed by atoms with Crippen LogP contribution in [0, 0.1) is 5.92 Å². The van der Waals surface area contributed by atoms with Gasteiger partial charge in [-0.05, 0) is 0 Å². The van der Waals surface area contributed by atoms with Crippen LogP contribution in [0.2, 0.25) is 0 Å². The largest absolute Gasteiger partial charge is 0.462 e. The quantitative estimate of drug-likeness (QED) is 0.621. The van der Waals surface area contributed by atoms with Crippen molar-refractivity contribution in [3.8, 4) is 0 Å². The summed E-state index contributed by atoms with van der Waals surface area (Å²) in [4.78, 5) is 11.1. The summed E-state index contributed by atoms with van der Waals surface area (Å²) in [6.07, 6.45) is 0.0261. The Labute approximate surface area is 81.9 Å². The fraction of sp³-hybridized carbons (Fsp3) is 0.889. The van der Waals surface area contributed by atoms with Crippen molar-refractivity contribution in [2.75, 3.05) is 13.7 Å². The van der Waals surface area contributed by atoms with E-state index < -0.39 is 0 Å². The molecule has 0 radical (unpaired) electrons. The molecule has 4 atom stereocenters. The number of methoxy groups -OCH3 is 1. The van der Waals surface area contributed by atoms with Crippen molar-refractivity contribution < 1.29 is 24.1 Å². The maximum absolute atomic E-state index is 11.1. The lowest BCUT2D eigenvalue weighted by atomic mass is 9.90. The zero-order valence-corrected chi connectivity index (χ0v) is 8.01. The Morgan fingerprint density at radius 1 is 1.64 bits per heavy atom. The number of fused-ring (bicyclic) bond motifs is 1. The number of carbonyl (C=O) groups is 1. The van der Waals surface area contributed by atoms with Gasteiger partial charge in [-0.25, -0.2) is 0 Å². The van der Waals surface area contributed by atoms with Crippen molar-refractivity contribution in [2.24, 2.45) is 5.92 Å². The summed E-state index contributed by atoms with van der Waals surface area (Å²) in [6.45, 7) is -0.0995. The van der Waals surface area contributed by atoms with Crippen molar-refractivity contribution in [2.45, 2.75) is 31.3 Å². The minimum Gasteiger partial charge on any atom is -0.462 e. The molecule has 2 aliphatic heterocycles. The SMILES string of the molecule is COC1CC2OC(=O)CC2C(CO)O1. The monoisotopic (exact) mass is 202 g/mol. The van der Waals surface area contributed by atoms with Gasteiger partial charge in [0.2, 0.25) is 0 Å². The van der Waals surface area contributed by atoms with E-state index in [-0.39, 0.29) is 37.0 Å². The molecule has 5 nitrogen and oxygen atoms in total. The number of hydrogen-bond acceptors (Lipinski definition) is 5. The van der Waals surface area contributed by atoms with Crippen molar-refractivity contribution in [1.82, 2.24) is 0 Å². The average molecular weight is 202 g/mol. The number of carbonyl (C=O) groups excluding carboxylic acids is 1. The molecule has 0 saturated carbocycles. The molecule has 80 valence electrons. The van der Waals surface area contributed by atoms with E-state index in [0.717, 1.165) is 0 Å². The third kappa shape index (κ3) is 1.63. The maximum atomic E-state index is 11.1. The van der Waals surface area contributed by atoms with Gasteiger partial charge in [0.05, 0.1) is 19.1 Å². The molecule has 14 heavy (non-hydrogen) atoms. The molecule has 0 bridgehead atoms. The molecule has 1 N–H and O–H groups in total. The first-order valence-corrected chi connectivity index (χ1v) is 4.73. The molecule has 2 rings (SSSR count). The Kier molecular flexibility index (Phi) is 2.71. The van der Waals surface area contributed by atoms with E-state index >= 15 is 0 Å². The summed E-state index contributed by atoms with van der Waals surface area (Å²) >= 11 is 0. The van der Waals surface area contributed by atoms with Crippen molar-refractivity contribution in [3.63, 3.8) is 0 Å². The van der Waals surface area contributed by atoms with Gasteiger partial charge in [0.15, 0.2) is 6.29 Å². The molecule has 0 amide bonds. The van der Waals surface area contributed by atoms with E-state index in [2.05, 4.69) is 0 Å². The maximum Gasteiger partial charge on any atom is 0.306 e. The van der Waals surface area contributed by atoms with E-state index in [1.165, 1.54) is 7.11 Å². The van der Waals surface area contributed by atoms with Crippen LogP contribution in [0.5, 0.6) is 0 Å². The molecule has 0 spiro atoms. The van der Waals surface area contributed by atoms with Crippen LogP contribution >= 0.6 is 0 Å². The van der Waals surface area contributed by atoms with E-state index in [1.807, 2.05) is 0 Å². The van der Waals surface area contributed by atoms with Crippen LogP contribution in [0.15, 0.2) is 0 Å². The number of hydrogen-bond donors (Lipinski definition) is 1. The molecule has 5 heteroatoms. The summed E-state index contributed by atoms with van der Waals surface area (Å²) in [7, 11) is 1.54. The van der Waals surface area contributed by atoms with Gasteiger partial charge in [0, 0.05) is 19.4 Å². The topological polar surface area (TPSA) is 65.0 Å². The molecule has 2 fully saturated rings. The molecule has 0 aliphatic carbocycles. The summed E-state index contributed by atoms with van der Waals surface area (Å²) in [5.41, 5.74) is 0. The van der Waals surface area contributed by atoms with E-state index in [9.17, 15) is 4.79 Å². The zero-order chi connectivity index (χ0) is 10.1. The second-order valence-electron chi connectivity index (χ2n) is 3.65. The fourth-order valence-corrected chi connectivity index (χ4v) is 2.09. The number of rotatable bonds is 2. The molecule has 2 heterocycles. The normalized spacial score (nSPS) is 42.0. The molecule has 0 aromatic rings. The highest BCUT2D eigenvalue weighted by Crippen LogP contribution is 2.35. The van der Waals surface area contributed by atoms with Gasteiger partial charge < -0.3 is 19.3 Å². The van der Waals surface area contributed by atoms with Crippen LogP contribution < -0.4 is 0 Å². The van der Waals surface area contributed by atoms with Crippen molar-refractivity contribution in [3.05, 3.63) is 0 Å². The van der Waals surface area contributed by atoms with Gasteiger partial charge in [0.25, 0.3) is 0 Å². The van der Waals surface area contributed by atoms with Gasteiger partial charge in [-0.3, -0.25) is 4.79 Å². The van der Waals surface area contributed by atoms with Gasteiger partial charge in [-0.2, -0.15) is 0 Å². The minimum atomic E-state index is -0.376. The first kappa shape index (κ1) is 9.89. The smallest absolute Gasteiger partial charge is 0.306 e. The highest BCUT2D eigenvalue weighted by atomic mass is 16.7. The number of aliphatic hydroxyl groups is 1. The van der Waals surface area contributed by atoms with Crippen molar-refractivity contribution in [1.29, 1.82) is 0 Å². The van der Waals surface area contributed by atoms with Gasteiger partial charge in [0.1, 0.15) is 6.10 Å². The Morgan fingerprint density at radius 2 is 2.43 bits per heavy atom. The van der Waals surface area contributed by atoms with Gasteiger partial charge >= 0.3 is 5.97 Å². The second-order valence-corrected chi connectivity index (χ2v) is 3.65. The van der Waals surface area contributed by atoms with Crippen molar-refractivity contribution >= 4 is 5.97 Å². The highest BCUT2D eigenvalue weighted by molar-refractivity contribution is 5.72. The predicted octanol–water partition coefficient (Wildman–Crippen LogP) is -0.328. The molecule has 2 saturated heterocycles. The predicted molar refractivity (Wildman–Crippen MR) is 45.4 cm³/mol. The molecular formula is C9H14O5. The standard InChI is InChI=1S/C9H14O5/c1-12-9-3-6-5(2-8(11)13-6)7(4-10)14-9/h5-7,9-10H,2-4H2,1H3. The van der Waals surface area contributed by atoms with Gasteiger partial charge in [-0.1, -0.05) is 0 Å². The summed E-state index contributed by atoms with van der Waals surface area (Å²) in [6, 6.07) is 0. The van der Waals surface area contributed by atoms with Crippen LogP contribution in [-0.4, -0.2) is 43.3 Å². The number of aliphatic hydroxyl groups excluding tert-OH is 1. The van der Waals surface area contributed by atoms with E-state index in [4.69, 9.17) is 19.3 Å². The fourth-order valence-electron chi connectivity index (χ4n) is 2.09. The van der Waals surface area contributed by atoms with Crippen LogP contribution in [-0.2, 0) is 19.0 Å². The molecule has 0 aromatic carbocycles. The molecule has 4 unspecified atom stereocenters. The number of ether oxygens (including phenoxy) is 3. The third-order valence-corrected chi connectivity index (χ3v) is 2.83. The summed E-state index contributed by atoms with van der Waals surface area (Å²) in [5, 5.41) is 9.09. The zero-order valence-electron chi connectivity index (χ0n) is 8.01. The van der Waals surface area contributed by atoms with E-state index in [1.54, 1.807) is 0 Å². The first-order chi connectivity index (χ1) is 6.74. The molecule has 0 aromatic heterocycles. The lowest BCUT2D eigenvalue weighted by Crippen LogP contribution is -2.44. The summed E-state index contributed by atoms with van der Waals surface area (Å²) < 4.78 is 15.6. The lowest BCUT2D eigenvalue weighted by molar-refractivity contribution is -0.224. The Hall–Kier alpha value is -0.650. The first-order valence-electron chi connectivity index (χ1n) is 4.73. The minimum absolute atomic E-state index is 0.0149. The molecule has 2 aliphatic rings. The third-order valence-electron chi connectivity index (χ3n) is 2.83. The highest BCUT2D eigenvalue weighted by Gasteiger charge is 2.46. The van der Waals surface area contributed by atoms with Gasteiger partial charge in [-0.15, -0.1) is 0 Å². The Bertz CT molecular complexity index is 229.